The molecule has 0 bridgehead atoms. The zero-order valence-electron chi connectivity index (χ0n) is 15.2. The first-order chi connectivity index (χ1) is 12.1. The molecule has 1 nitrogen and oxygen atoms in total. The zero-order chi connectivity index (χ0) is 17.8. The molecule has 0 fully saturated rings. The van der Waals surface area contributed by atoms with Crippen molar-refractivity contribution in [3.05, 3.63) is 94.5 Å². The van der Waals surface area contributed by atoms with Crippen molar-refractivity contribution in [2.75, 3.05) is 0 Å². The van der Waals surface area contributed by atoms with Crippen LogP contribution in [0.3, 0.4) is 0 Å². The fourth-order valence-corrected chi connectivity index (χ4v) is 3.67. The summed E-state index contributed by atoms with van der Waals surface area (Å²) in [6.07, 6.45) is 1.72. The zero-order valence-corrected chi connectivity index (χ0v) is 15.2. The molecule has 0 radical (unpaired) electrons. The quantitative estimate of drug-likeness (QED) is 0.524. The lowest BCUT2D eigenvalue weighted by Crippen LogP contribution is -2.08. The Bertz CT molecular complexity index is 877. The Morgan fingerprint density at radius 1 is 0.920 bits per heavy atom. The molecule has 0 amide bonds. The monoisotopic (exact) mass is 328 g/mol. The molecule has 0 aliphatic carbocycles. The standard InChI is InChI=1S/C24H24O/c1-4-22-21(16-19-11-7-5-8-12-19)15-17(2)23(24(22)18(3)25)20-13-9-6-10-14-20/h5-15H,4,16H2,1-3H3. The molecule has 0 heterocycles. The summed E-state index contributed by atoms with van der Waals surface area (Å²) in [5.74, 6) is 0.147. The van der Waals surface area contributed by atoms with Gasteiger partial charge < -0.3 is 0 Å². The summed E-state index contributed by atoms with van der Waals surface area (Å²) in [7, 11) is 0. The number of aryl methyl sites for hydroxylation is 1. The number of Topliss-reactive ketones (excluding diaryl/α,β-unsaturated/α-hetero) is 1. The fourth-order valence-electron chi connectivity index (χ4n) is 3.67. The number of hydrogen-bond donors (Lipinski definition) is 0. The van der Waals surface area contributed by atoms with Crippen molar-refractivity contribution in [2.24, 2.45) is 0 Å². The van der Waals surface area contributed by atoms with E-state index in [-0.39, 0.29) is 5.78 Å². The van der Waals surface area contributed by atoms with E-state index in [1.54, 1.807) is 6.92 Å². The SMILES string of the molecule is CCc1c(Cc2ccccc2)cc(C)c(-c2ccccc2)c1C(C)=O. The highest BCUT2D eigenvalue weighted by Gasteiger charge is 2.19. The van der Waals surface area contributed by atoms with Crippen LogP contribution < -0.4 is 0 Å². The Morgan fingerprint density at radius 3 is 2.08 bits per heavy atom. The highest BCUT2D eigenvalue weighted by atomic mass is 16.1. The lowest BCUT2D eigenvalue weighted by Gasteiger charge is -2.20. The van der Waals surface area contributed by atoms with E-state index in [2.05, 4.69) is 56.3 Å². The maximum Gasteiger partial charge on any atom is 0.160 e. The molecule has 0 aliphatic rings. The fraction of sp³-hybridized carbons (Fsp3) is 0.208. The molecular weight excluding hydrogens is 304 g/mol. The third kappa shape index (κ3) is 3.56. The molecule has 126 valence electrons. The number of carbonyl (C=O) groups is 1. The average Bonchev–Trinajstić information content (AvgIpc) is 2.62. The number of rotatable bonds is 5. The molecule has 0 spiro atoms. The first-order valence-electron chi connectivity index (χ1n) is 8.87. The van der Waals surface area contributed by atoms with E-state index in [1.165, 1.54) is 22.3 Å². The number of ketones is 1. The summed E-state index contributed by atoms with van der Waals surface area (Å²) >= 11 is 0. The van der Waals surface area contributed by atoms with Crippen LogP contribution in [0.2, 0.25) is 0 Å². The first-order valence-corrected chi connectivity index (χ1v) is 8.87. The predicted molar refractivity (Wildman–Crippen MR) is 105 cm³/mol. The highest BCUT2D eigenvalue weighted by Crippen LogP contribution is 2.34. The molecule has 1 heteroatoms. The van der Waals surface area contributed by atoms with Crippen LogP contribution in [0.1, 0.15) is 46.5 Å². The number of benzene rings is 3. The van der Waals surface area contributed by atoms with Crippen LogP contribution in [-0.2, 0) is 12.8 Å². The summed E-state index contributed by atoms with van der Waals surface area (Å²) in [6, 6.07) is 23.0. The molecule has 3 aromatic rings. The van der Waals surface area contributed by atoms with Gasteiger partial charge in [0.1, 0.15) is 0 Å². The average molecular weight is 328 g/mol. The third-order valence-electron chi connectivity index (χ3n) is 4.73. The second-order valence-electron chi connectivity index (χ2n) is 6.52. The minimum absolute atomic E-state index is 0.147. The second-order valence-corrected chi connectivity index (χ2v) is 6.52. The van der Waals surface area contributed by atoms with E-state index in [4.69, 9.17) is 0 Å². The van der Waals surface area contributed by atoms with Gasteiger partial charge in [0, 0.05) is 5.56 Å². The summed E-state index contributed by atoms with van der Waals surface area (Å²) in [4.78, 5) is 12.6. The molecular formula is C24H24O. The topological polar surface area (TPSA) is 17.1 Å². The van der Waals surface area contributed by atoms with Crippen molar-refractivity contribution in [1.29, 1.82) is 0 Å². The third-order valence-corrected chi connectivity index (χ3v) is 4.73. The lowest BCUT2D eigenvalue weighted by molar-refractivity contribution is 0.101. The summed E-state index contributed by atoms with van der Waals surface area (Å²) in [5.41, 5.74) is 7.97. The van der Waals surface area contributed by atoms with Gasteiger partial charge >= 0.3 is 0 Å². The number of hydrogen-bond acceptors (Lipinski definition) is 1. The summed E-state index contributed by atoms with van der Waals surface area (Å²) < 4.78 is 0. The molecule has 0 N–H and O–H groups in total. The highest BCUT2D eigenvalue weighted by molar-refractivity contribution is 6.03. The van der Waals surface area contributed by atoms with Crippen molar-refractivity contribution >= 4 is 5.78 Å². The Balaban J connectivity index is 2.21. The van der Waals surface area contributed by atoms with E-state index in [9.17, 15) is 4.79 Å². The Kier molecular flexibility index (Phi) is 5.14. The van der Waals surface area contributed by atoms with Crippen molar-refractivity contribution in [3.8, 4) is 11.1 Å². The molecule has 3 aromatic carbocycles. The summed E-state index contributed by atoms with van der Waals surface area (Å²) in [6.45, 7) is 5.94. The van der Waals surface area contributed by atoms with Gasteiger partial charge in [-0.2, -0.15) is 0 Å². The van der Waals surface area contributed by atoms with Crippen LogP contribution in [0.5, 0.6) is 0 Å². The van der Waals surface area contributed by atoms with Crippen LogP contribution >= 0.6 is 0 Å². The number of carbonyl (C=O) groups excluding carboxylic acids is 1. The maximum atomic E-state index is 12.6. The normalized spacial score (nSPS) is 10.7. The van der Waals surface area contributed by atoms with Crippen LogP contribution in [0.25, 0.3) is 11.1 Å². The van der Waals surface area contributed by atoms with E-state index < -0.39 is 0 Å². The van der Waals surface area contributed by atoms with Gasteiger partial charge in [0.05, 0.1) is 0 Å². The molecule has 25 heavy (non-hydrogen) atoms. The Morgan fingerprint density at radius 2 is 1.52 bits per heavy atom. The van der Waals surface area contributed by atoms with Gasteiger partial charge in [-0.25, -0.2) is 0 Å². The summed E-state index contributed by atoms with van der Waals surface area (Å²) in [5, 5.41) is 0. The molecule has 0 aromatic heterocycles. The Labute approximate surface area is 150 Å². The van der Waals surface area contributed by atoms with Crippen LogP contribution in [-0.4, -0.2) is 5.78 Å². The molecule has 0 atom stereocenters. The van der Waals surface area contributed by atoms with Gasteiger partial charge in [-0.05, 0) is 60.1 Å². The second kappa shape index (κ2) is 7.48. The van der Waals surface area contributed by atoms with E-state index in [0.717, 1.165) is 29.5 Å². The van der Waals surface area contributed by atoms with E-state index >= 15 is 0 Å². The van der Waals surface area contributed by atoms with Crippen LogP contribution in [0.4, 0.5) is 0 Å². The van der Waals surface area contributed by atoms with Crippen LogP contribution in [0, 0.1) is 6.92 Å². The van der Waals surface area contributed by atoms with E-state index in [1.807, 2.05) is 24.3 Å². The molecule has 0 aliphatic heterocycles. The minimum Gasteiger partial charge on any atom is -0.294 e. The van der Waals surface area contributed by atoms with E-state index in [0.29, 0.717) is 0 Å². The first kappa shape index (κ1) is 17.2. The van der Waals surface area contributed by atoms with Gasteiger partial charge in [0.2, 0.25) is 0 Å². The molecule has 0 saturated carbocycles. The van der Waals surface area contributed by atoms with Crippen molar-refractivity contribution < 1.29 is 4.79 Å². The van der Waals surface area contributed by atoms with Crippen LogP contribution in [0.15, 0.2) is 66.7 Å². The molecule has 0 saturated heterocycles. The van der Waals surface area contributed by atoms with Crippen molar-refractivity contribution in [2.45, 2.75) is 33.6 Å². The smallest absolute Gasteiger partial charge is 0.160 e. The van der Waals surface area contributed by atoms with Gasteiger partial charge in [-0.3, -0.25) is 4.79 Å². The molecule has 0 unspecified atom stereocenters. The van der Waals surface area contributed by atoms with Gasteiger partial charge in [0.25, 0.3) is 0 Å². The van der Waals surface area contributed by atoms with Gasteiger partial charge in [-0.1, -0.05) is 73.7 Å². The lowest BCUT2D eigenvalue weighted by atomic mass is 9.84. The maximum absolute atomic E-state index is 12.6. The minimum atomic E-state index is 0.147. The largest absolute Gasteiger partial charge is 0.294 e. The van der Waals surface area contributed by atoms with Crippen molar-refractivity contribution in [1.82, 2.24) is 0 Å². The predicted octanol–water partition coefficient (Wildman–Crippen LogP) is 6.02. The van der Waals surface area contributed by atoms with Gasteiger partial charge in [-0.15, -0.1) is 0 Å². The van der Waals surface area contributed by atoms with Crippen molar-refractivity contribution in [3.63, 3.8) is 0 Å². The molecule has 3 rings (SSSR count). The van der Waals surface area contributed by atoms with Gasteiger partial charge in [0.15, 0.2) is 5.78 Å². The Hall–Kier alpha value is -2.67.